The molecular weight excluding hydrogens is 314 g/mol. The number of aliphatic carboxylic acids is 1. The third-order valence-corrected chi connectivity index (χ3v) is 3.44. The number of rotatable bonds is 7. The predicted molar refractivity (Wildman–Crippen MR) is 81.4 cm³/mol. The van der Waals surface area contributed by atoms with Gasteiger partial charge >= 0.3 is 12.0 Å². The standard InChI is InChI=1S/C14H18F2N2O3S/c1-14(2,7-6-11(19)20)18-13(21)17-9-4-3-5-10(8-9)22-12(15)16/h3-5,8,12H,6-7H2,1-2H3,(H,19,20)(H2,17,18,21). The van der Waals surface area contributed by atoms with Crippen molar-refractivity contribution in [2.75, 3.05) is 5.32 Å². The molecule has 0 bridgehead atoms. The van der Waals surface area contributed by atoms with Crippen molar-refractivity contribution in [1.82, 2.24) is 5.32 Å². The molecule has 0 aliphatic rings. The maximum Gasteiger partial charge on any atom is 0.319 e. The molecule has 0 spiro atoms. The van der Waals surface area contributed by atoms with E-state index in [0.29, 0.717) is 22.3 Å². The number of nitrogens with one attached hydrogen (secondary N) is 2. The van der Waals surface area contributed by atoms with Gasteiger partial charge in [-0.25, -0.2) is 4.79 Å². The van der Waals surface area contributed by atoms with Gasteiger partial charge in [0.25, 0.3) is 5.76 Å². The summed E-state index contributed by atoms with van der Waals surface area (Å²) >= 11 is 0.394. The van der Waals surface area contributed by atoms with Crippen molar-refractivity contribution < 1.29 is 23.5 Å². The molecular formula is C14H18F2N2O3S. The third-order valence-electron chi connectivity index (χ3n) is 2.73. The van der Waals surface area contributed by atoms with Crippen LogP contribution in [0, 0.1) is 0 Å². The van der Waals surface area contributed by atoms with Crippen LogP contribution in [0.15, 0.2) is 29.2 Å². The van der Waals surface area contributed by atoms with E-state index < -0.39 is 23.3 Å². The lowest BCUT2D eigenvalue weighted by atomic mass is 9.99. The zero-order chi connectivity index (χ0) is 16.8. The van der Waals surface area contributed by atoms with Crippen LogP contribution < -0.4 is 10.6 Å². The minimum atomic E-state index is -2.53. The first-order valence-corrected chi connectivity index (χ1v) is 7.42. The fraction of sp³-hybridized carbons (Fsp3) is 0.429. The number of urea groups is 1. The van der Waals surface area contributed by atoms with Crippen LogP contribution in [-0.4, -0.2) is 28.4 Å². The highest BCUT2D eigenvalue weighted by Crippen LogP contribution is 2.27. The molecule has 0 saturated carbocycles. The molecule has 1 aromatic carbocycles. The van der Waals surface area contributed by atoms with E-state index in [2.05, 4.69) is 10.6 Å². The Morgan fingerprint density at radius 2 is 2.05 bits per heavy atom. The third kappa shape index (κ3) is 7.26. The second-order valence-corrected chi connectivity index (χ2v) is 6.33. The Morgan fingerprint density at radius 1 is 1.36 bits per heavy atom. The summed E-state index contributed by atoms with van der Waals surface area (Å²) in [5.74, 6) is -3.47. The smallest absolute Gasteiger partial charge is 0.319 e. The summed E-state index contributed by atoms with van der Waals surface area (Å²) in [6, 6.07) is 5.60. The van der Waals surface area contributed by atoms with E-state index in [1.54, 1.807) is 26.0 Å². The summed E-state index contributed by atoms with van der Waals surface area (Å²) in [4.78, 5) is 22.8. The number of anilines is 1. The number of carboxylic acid groups (broad SMARTS) is 1. The molecule has 122 valence electrons. The average molecular weight is 332 g/mol. The lowest BCUT2D eigenvalue weighted by Crippen LogP contribution is -2.45. The number of carbonyl (C=O) groups excluding carboxylic acids is 1. The predicted octanol–water partition coefficient (Wildman–Crippen LogP) is 3.77. The number of benzene rings is 1. The molecule has 0 unspecified atom stereocenters. The Labute approximate surface area is 131 Å². The second kappa shape index (κ2) is 7.98. The van der Waals surface area contributed by atoms with Gasteiger partial charge in [-0.3, -0.25) is 4.79 Å². The molecule has 0 aromatic heterocycles. The van der Waals surface area contributed by atoms with Crippen molar-refractivity contribution in [2.45, 2.75) is 42.9 Å². The summed E-state index contributed by atoms with van der Waals surface area (Å²) < 4.78 is 24.6. The normalized spacial score (nSPS) is 11.3. The van der Waals surface area contributed by atoms with Crippen LogP contribution >= 0.6 is 11.8 Å². The Hall–Kier alpha value is -1.83. The van der Waals surface area contributed by atoms with E-state index in [9.17, 15) is 18.4 Å². The number of alkyl halides is 2. The summed E-state index contributed by atoms with van der Waals surface area (Å²) in [6.45, 7) is 3.41. The highest BCUT2D eigenvalue weighted by Gasteiger charge is 2.21. The average Bonchev–Trinajstić information content (AvgIpc) is 2.35. The van der Waals surface area contributed by atoms with Crippen LogP contribution in [0.1, 0.15) is 26.7 Å². The lowest BCUT2D eigenvalue weighted by Gasteiger charge is -2.25. The van der Waals surface area contributed by atoms with Crippen LogP contribution in [0.4, 0.5) is 19.3 Å². The van der Waals surface area contributed by atoms with Crippen LogP contribution in [0.5, 0.6) is 0 Å². The fourth-order valence-corrected chi connectivity index (χ4v) is 2.26. The van der Waals surface area contributed by atoms with Crippen LogP contribution in [-0.2, 0) is 4.79 Å². The SMILES string of the molecule is CC(C)(CCC(=O)O)NC(=O)Nc1cccc(SC(F)F)c1. The van der Waals surface area contributed by atoms with Gasteiger partial charge in [-0.2, -0.15) is 8.78 Å². The Kier molecular flexibility index (Phi) is 6.61. The molecule has 3 N–H and O–H groups in total. The maximum atomic E-state index is 12.3. The number of thioether (sulfide) groups is 1. The summed E-state index contributed by atoms with van der Waals surface area (Å²) in [7, 11) is 0. The molecule has 0 heterocycles. The van der Waals surface area contributed by atoms with Crippen LogP contribution in [0.2, 0.25) is 0 Å². The van der Waals surface area contributed by atoms with E-state index in [4.69, 9.17) is 5.11 Å². The van der Waals surface area contributed by atoms with Crippen molar-refractivity contribution in [3.8, 4) is 0 Å². The molecule has 0 fully saturated rings. The first kappa shape index (κ1) is 18.2. The van der Waals surface area contributed by atoms with E-state index in [1.165, 1.54) is 12.1 Å². The molecule has 0 aliphatic carbocycles. The van der Waals surface area contributed by atoms with Crippen LogP contribution in [0.3, 0.4) is 0 Å². The monoisotopic (exact) mass is 332 g/mol. The van der Waals surface area contributed by atoms with Crippen molar-refractivity contribution in [2.24, 2.45) is 0 Å². The van der Waals surface area contributed by atoms with E-state index in [-0.39, 0.29) is 12.8 Å². The number of hydrogen-bond donors (Lipinski definition) is 3. The van der Waals surface area contributed by atoms with Crippen molar-refractivity contribution in [3.63, 3.8) is 0 Å². The number of amides is 2. The Balaban J connectivity index is 2.59. The molecule has 0 saturated heterocycles. The first-order chi connectivity index (χ1) is 10.2. The maximum absolute atomic E-state index is 12.3. The molecule has 2 amide bonds. The summed E-state index contributed by atoms with van der Waals surface area (Å²) in [6.07, 6.45) is 0.213. The van der Waals surface area contributed by atoms with Gasteiger partial charge in [0, 0.05) is 22.5 Å². The minimum absolute atomic E-state index is 0.0617. The number of hydrogen-bond acceptors (Lipinski definition) is 3. The molecule has 8 heteroatoms. The van der Waals surface area contributed by atoms with Crippen molar-refractivity contribution in [1.29, 1.82) is 0 Å². The summed E-state index contributed by atoms with van der Waals surface area (Å²) in [5.41, 5.74) is -0.310. The van der Waals surface area contributed by atoms with E-state index >= 15 is 0 Å². The fourth-order valence-electron chi connectivity index (χ4n) is 1.70. The molecule has 22 heavy (non-hydrogen) atoms. The second-order valence-electron chi connectivity index (χ2n) is 5.26. The van der Waals surface area contributed by atoms with Crippen molar-refractivity contribution >= 4 is 29.4 Å². The van der Waals surface area contributed by atoms with Gasteiger partial charge in [-0.1, -0.05) is 17.8 Å². The Morgan fingerprint density at radius 3 is 2.64 bits per heavy atom. The largest absolute Gasteiger partial charge is 0.481 e. The Bertz CT molecular complexity index is 539. The molecule has 1 rings (SSSR count). The topological polar surface area (TPSA) is 78.4 Å². The highest BCUT2D eigenvalue weighted by molar-refractivity contribution is 7.99. The van der Waals surface area contributed by atoms with E-state index in [0.717, 1.165) is 0 Å². The van der Waals surface area contributed by atoms with Crippen molar-refractivity contribution in [3.05, 3.63) is 24.3 Å². The van der Waals surface area contributed by atoms with Gasteiger partial charge in [0.05, 0.1) is 0 Å². The molecule has 0 aliphatic heterocycles. The highest BCUT2D eigenvalue weighted by atomic mass is 32.2. The van der Waals surface area contributed by atoms with Gasteiger partial charge in [0.15, 0.2) is 0 Å². The van der Waals surface area contributed by atoms with Gasteiger partial charge in [0.1, 0.15) is 0 Å². The number of carbonyl (C=O) groups is 2. The lowest BCUT2D eigenvalue weighted by molar-refractivity contribution is -0.137. The molecule has 1 aromatic rings. The number of halogens is 2. The quantitative estimate of drug-likeness (QED) is 0.664. The summed E-state index contributed by atoms with van der Waals surface area (Å²) in [5, 5.41) is 13.9. The minimum Gasteiger partial charge on any atom is -0.481 e. The van der Waals surface area contributed by atoms with E-state index in [1.807, 2.05) is 0 Å². The van der Waals surface area contributed by atoms with Gasteiger partial charge in [-0.05, 0) is 38.5 Å². The number of carboxylic acids is 1. The zero-order valence-corrected chi connectivity index (χ0v) is 13.0. The van der Waals surface area contributed by atoms with Crippen LogP contribution in [0.25, 0.3) is 0 Å². The van der Waals surface area contributed by atoms with Gasteiger partial charge < -0.3 is 15.7 Å². The first-order valence-electron chi connectivity index (χ1n) is 6.54. The van der Waals surface area contributed by atoms with Gasteiger partial charge in [-0.15, -0.1) is 0 Å². The molecule has 0 radical (unpaired) electrons. The van der Waals surface area contributed by atoms with Gasteiger partial charge in [0.2, 0.25) is 0 Å². The molecule has 0 atom stereocenters. The zero-order valence-electron chi connectivity index (χ0n) is 12.2. The molecule has 5 nitrogen and oxygen atoms in total.